The smallest absolute Gasteiger partial charge is 0.320 e. The van der Waals surface area contributed by atoms with E-state index >= 15 is 0 Å². The molecule has 2 atom stereocenters. The molecule has 0 unspecified atom stereocenters. The third kappa shape index (κ3) is 2.07. The highest BCUT2D eigenvalue weighted by atomic mass is 16.4. The molecule has 1 saturated heterocycles. The summed E-state index contributed by atoms with van der Waals surface area (Å²) in [5.74, 6) is -0.754. The predicted octanol–water partition coefficient (Wildman–Crippen LogP) is 1.69. The third-order valence-electron chi connectivity index (χ3n) is 3.22. The molecule has 4 nitrogen and oxygen atoms in total. The molecule has 2 heterocycles. The van der Waals surface area contributed by atoms with Crippen LogP contribution in [0.5, 0.6) is 0 Å². The molecule has 1 fully saturated rings. The first kappa shape index (κ1) is 11.1. The van der Waals surface area contributed by atoms with Crippen LogP contribution in [0.15, 0.2) is 24.5 Å². The number of nitrogens with zero attached hydrogens (tertiary/aromatic N) is 2. The van der Waals surface area contributed by atoms with Gasteiger partial charge >= 0.3 is 5.97 Å². The Balaban J connectivity index is 2.18. The van der Waals surface area contributed by atoms with Crippen LogP contribution < -0.4 is 0 Å². The van der Waals surface area contributed by atoms with Gasteiger partial charge in [-0.3, -0.25) is 14.7 Å². The van der Waals surface area contributed by atoms with E-state index in [2.05, 4.69) is 4.98 Å². The van der Waals surface area contributed by atoms with Crippen LogP contribution in [0, 0.1) is 0 Å². The molecule has 0 aromatic carbocycles. The van der Waals surface area contributed by atoms with Gasteiger partial charge in [-0.2, -0.15) is 0 Å². The molecule has 0 aliphatic carbocycles. The second-order valence-corrected chi connectivity index (χ2v) is 4.20. The molecule has 4 heteroatoms. The second kappa shape index (κ2) is 4.61. The maximum absolute atomic E-state index is 11.0. The summed E-state index contributed by atoms with van der Waals surface area (Å²) in [6, 6.07) is 3.70. The maximum Gasteiger partial charge on any atom is 0.320 e. The SMILES string of the molecule is C[C@H](C(=O)O)N1CCC[C@H]1c1cccnc1. The molecular weight excluding hydrogens is 204 g/mol. The van der Waals surface area contributed by atoms with Crippen LogP contribution in [0.3, 0.4) is 0 Å². The van der Waals surface area contributed by atoms with E-state index < -0.39 is 12.0 Å². The van der Waals surface area contributed by atoms with Gasteiger partial charge in [0, 0.05) is 18.4 Å². The number of hydrogen-bond acceptors (Lipinski definition) is 3. The summed E-state index contributed by atoms with van der Waals surface area (Å²) >= 11 is 0. The van der Waals surface area contributed by atoms with Crippen LogP contribution in [0.25, 0.3) is 0 Å². The van der Waals surface area contributed by atoms with Gasteiger partial charge < -0.3 is 5.11 Å². The number of rotatable bonds is 3. The Bertz CT molecular complexity index is 367. The lowest BCUT2D eigenvalue weighted by atomic mass is 10.1. The van der Waals surface area contributed by atoms with E-state index in [1.165, 1.54) is 0 Å². The number of carbonyl (C=O) groups is 1. The summed E-state index contributed by atoms with van der Waals surface area (Å²) in [4.78, 5) is 17.1. The first-order chi connectivity index (χ1) is 7.70. The van der Waals surface area contributed by atoms with Gasteiger partial charge in [-0.05, 0) is 37.9 Å². The van der Waals surface area contributed by atoms with Crippen LogP contribution in [0.2, 0.25) is 0 Å². The van der Waals surface area contributed by atoms with Gasteiger partial charge in [0.05, 0.1) is 0 Å². The quantitative estimate of drug-likeness (QED) is 0.842. The fourth-order valence-corrected chi connectivity index (χ4v) is 2.33. The molecule has 0 bridgehead atoms. The molecule has 1 aliphatic heterocycles. The Hall–Kier alpha value is -1.42. The van der Waals surface area contributed by atoms with Crippen molar-refractivity contribution in [1.82, 2.24) is 9.88 Å². The first-order valence-electron chi connectivity index (χ1n) is 5.58. The minimum Gasteiger partial charge on any atom is -0.480 e. The van der Waals surface area contributed by atoms with Crippen LogP contribution in [0.4, 0.5) is 0 Å². The summed E-state index contributed by atoms with van der Waals surface area (Å²) in [5, 5.41) is 9.05. The molecule has 0 amide bonds. The lowest BCUT2D eigenvalue weighted by molar-refractivity contribution is -0.143. The van der Waals surface area contributed by atoms with E-state index in [1.807, 2.05) is 23.2 Å². The Morgan fingerprint density at radius 2 is 2.50 bits per heavy atom. The zero-order valence-corrected chi connectivity index (χ0v) is 9.34. The Morgan fingerprint density at radius 1 is 1.69 bits per heavy atom. The summed E-state index contributed by atoms with van der Waals surface area (Å²) in [6.45, 7) is 2.60. The zero-order valence-electron chi connectivity index (χ0n) is 9.34. The van der Waals surface area contributed by atoms with Crippen LogP contribution in [-0.4, -0.2) is 33.5 Å². The van der Waals surface area contributed by atoms with Gasteiger partial charge in [0.25, 0.3) is 0 Å². The number of likely N-dealkylation sites (tertiary alicyclic amines) is 1. The largest absolute Gasteiger partial charge is 0.480 e. The van der Waals surface area contributed by atoms with Crippen molar-refractivity contribution in [2.24, 2.45) is 0 Å². The summed E-state index contributed by atoms with van der Waals surface area (Å²) in [6.07, 6.45) is 5.64. The molecule has 1 aliphatic rings. The molecule has 2 rings (SSSR count). The molecule has 86 valence electrons. The van der Waals surface area contributed by atoms with E-state index in [1.54, 1.807) is 13.1 Å². The number of aliphatic carboxylic acids is 1. The number of aromatic nitrogens is 1. The Labute approximate surface area is 94.9 Å². The molecule has 0 radical (unpaired) electrons. The van der Waals surface area contributed by atoms with Crippen molar-refractivity contribution in [3.63, 3.8) is 0 Å². The van der Waals surface area contributed by atoms with Gasteiger partial charge in [0.2, 0.25) is 0 Å². The Kier molecular flexibility index (Phi) is 3.19. The number of pyridine rings is 1. The fraction of sp³-hybridized carbons (Fsp3) is 0.500. The molecule has 0 saturated carbocycles. The molecule has 16 heavy (non-hydrogen) atoms. The number of hydrogen-bond donors (Lipinski definition) is 1. The minimum absolute atomic E-state index is 0.208. The van der Waals surface area contributed by atoms with Crippen molar-refractivity contribution in [1.29, 1.82) is 0 Å². The topological polar surface area (TPSA) is 53.4 Å². The van der Waals surface area contributed by atoms with E-state index in [4.69, 9.17) is 5.11 Å². The van der Waals surface area contributed by atoms with Crippen molar-refractivity contribution in [2.75, 3.05) is 6.54 Å². The van der Waals surface area contributed by atoms with Gasteiger partial charge in [0.15, 0.2) is 0 Å². The monoisotopic (exact) mass is 220 g/mol. The molecule has 1 aromatic rings. The van der Waals surface area contributed by atoms with E-state index in [-0.39, 0.29) is 6.04 Å². The average molecular weight is 220 g/mol. The summed E-state index contributed by atoms with van der Waals surface area (Å²) in [5.41, 5.74) is 1.12. The van der Waals surface area contributed by atoms with E-state index in [0.29, 0.717) is 0 Å². The summed E-state index contributed by atoms with van der Waals surface area (Å²) in [7, 11) is 0. The second-order valence-electron chi connectivity index (χ2n) is 4.20. The normalized spacial score (nSPS) is 23.2. The van der Waals surface area contributed by atoms with E-state index in [9.17, 15) is 4.79 Å². The van der Waals surface area contributed by atoms with Crippen molar-refractivity contribution in [3.8, 4) is 0 Å². The fourth-order valence-electron chi connectivity index (χ4n) is 2.33. The van der Waals surface area contributed by atoms with Crippen molar-refractivity contribution in [3.05, 3.63) is 30.1 Å². The zero-order chi connectivity index (χ0) is 11.5. The highest BCUT2D eigenvalue weighted by molar-refractivity contribution is 5.73. The van der Waals surface area contributed by atoms with Crippen molar-refractivity contribution < 1.29 is 9.90 Å². The van der Waals surface area contributed by atoms with Gasteiger partial charge in [-0.15, -0.1) is 0 Å². The summed E-state index contributed by atoms with van der Waals surface area (Å²) < 4.78 is 0. The van der Waals surface area contributed by atoms with Crippen molar-refractivity contribution in [2.45, 2.75) is 31.8 Å². The van der Waals surface area contributed by atoms with Crippen LogP contribution in [-0.2, 0) is 4.79 Å². The van der Waals surface area contributed by atoms with Gasteiger partial charge in [0.1, 0.15) is 6.04 Å². The molecule has 0 spiro atoms. The highest BCUT2D eigenvalue weighted by Crippen LogP contribution is 2.32. The highest BCUT2D eigenvalue weighted by Gasteiger charge is 2.32. The standard InChI is InChI=1S/C12H16N2O2/c1-9(12(15)16)14-7-3-5-11(14)10-4-2-6-13-8-10/h2,4,6,8-9,11H,3,5,7H2,1H3,(H,15,16)/t9-,11+/m1/s1. The van der Waals surface area contributed by atoms with E-state index in [0.717, 1.165) is 24.9 Å². The number of carboxylic acids is 1. The molecule has 1 aromatic heterocycles. The van der Waals surface area contributed by atoms with Gasteiger partial charge in [-0.1, -0.05) is 6.07 Å². The minimum atomic E-state index is -0.754. The lowest BCUT2D eigenvalue weighted by Crippen LogP contribution is -2.38. The lowest BCUT2D eigenvalue weighted by Gasteiger charge is -2.27. The number of carboxylic acid groups (broad SMARTS) is 1. The van der Waals surface area contributed by atoms with Crippen molar-refractivity contribution >= 4 is 5.97 Å². The van der Waals surface area contributed by atoms with Gasteiger partial charge in [-0.25, -0.2) is 0 Å². The predicted molar refractivity (Wildman–Crippen MR) is 60.0 cm³/mol. The molecular formula is C12H16N2O2. The third-order valence-corrected chi connectivity index (χ3v) is 3.22. The first-order valence-corrected chi connectivity index (χ1v) is 5.58. The van der Waals surface area contributed by atoms with Crippen LogP contribution >= 0.6 is 0 Å². The maximum atomic E-state index is 11.0. The van der Waals surface area contributed by atoms with Crippen LogP contribution in [0.1, 0.15) is 31.4 Å². The molecule has 1 N–H and O–H groups in total. The Morgan fingerprint density at radius 3 is 3.12 bits per heavy atom. The average Bonchev–Trinajstić information content (AvgIpc) is 2.77.